The summed E-state index contributed by atoms with van der Waals surface area (Å²) >= 11 is 0. The van der Waals surface area contributed by atoms with E-state index in [1.54, 1.807) is 0 Å². The van der Waals surface area contributed by atoms with Crippen molar-refractivity contribution < 1.29 is 4.79 Å². The highest BCUT2D eigenvalue weighted by molar-refractivity contribution is 5.97. The third-order valence-corrected chi connectivity index (χ3v) is 3.43. The van der Waals surface area contributed by atoms with Crippen LogP contribution in [0.25, 0.3) is 0 Å². The Balaban J connectivity index is 2.83. The summed E-state index contributed by atoms with van der Waals surface area (Å²) in [6, 6.07) is 10.9. The first-order chi connectivity index (χ1) is 10.5. The molecule has 1 rings (SSSR count). The van der Waals surface area contributed by atoms with Crippen molar-refractivity contribution in [2.75, 3.05) is 6.54 Å². The Hall–Kier alpha value is -1.84. The Labute approximate surface area is 134 Å². The minimum atomic E-state index is 0.00441. The Kier molecular flexibility index (Phi) is 7.64. The van der Waals surface area contributed by atoms with Gasteiger partial charge in [0.05, 0.1) is 0 Å². The lowest BCUT2D eigenvalue weighted by molar-refractivity contribution is -0.119. The third-order valence-electron chi connectivity index (χ3n) is 3.43. The molecule has 0 atom stereocenters. The Morgan fingerprint density at radius 1 is 1.14 bits per heavy atom. The number of nitrogens with zero attached hydrogens (tertiary/aromatic N) is 2. The van der Waals surface area contributed by atoms with Crippen molar-refractivity contribution in [3.8, 4) is 0 Å². The number of guanidine groups is 1. The van der Waals surface area contributed by atoms with Crippen molar-refractivity contribution in [3.63, 3.8) is 0 Å². The highest BCUT2D eigenvalue weighted by atomic mass is 16.1. The van der Waals surface area contributed by atoms with Crippen molar-refractivity contribution in [2.45, 2.75) is 59.5 Å². The van der Waals surface area contributed by atoms with E-state index in [0.29, 0.717) is 18.9 Å². The quantitative estimate of drug-likeness (QED) is 0.648. The van der Waals surface area contributed by atoms with Gasteiger partial charge in [-0.2, -0.15) is 0 Å². The topological polar surface area (TPSA) is 44.7 Å². The molecular weight excluding hydrogens is 274 g/mol. The van der Waals surface area contributed by atoms with Gasteiger partial charge in [-0.3, -0.25) is 15.1 Å². The van der Waals surface area contributed by atoms with Gasteiger partial charge < -0.3 is 4.90 Å². The molecule has 1 aromatic carbocycles. The predicted molar refractivity (Wildman–Crippen MR) is 93.0 cm³/mol. The predicted octanol–water partition coefficient (Wildman–Crippen LogP) is 3.23. The van der Waals surface area contributed by atoms with Crippen LogP contribution in [0, 0.1) is 0 Å². The number of hydrogen-bond donors (Lipinski definition) is 1. The fourth-order valence-electron chi connectivity index (χ4n) is 2.42. The van der Waals surface area contributed by atoms with Crippen molar-refractivity contribution in [3.05, 3.63) is 35.9 Å². The van der Waals surface area contributed by atoms with Crippen LogP contribution in [0.2, 0.25) is 0 Å². The lowest BCUT2D eigenvalue weighted by Gasteiger charge is -2.33. The van der Waals surface area contributed by atoms with Crippen LogP contribution in [0.15, 0.2) is 35.3 Å². The first-order valence-electron chi connectivity index (χ1n) is 8.12. The number of rotatable bonds is 6. The lowest BCUT2D eigenvalue weighted by Crippen LogP contribution is -2.50. The van der Waals surface area contributed by atoms with E-state index in [1.165, 1.54) is 5.56 Å². The van der Waals surface area contributed by atoms with E-state index in [1.807, 2.05) is 25.1 Å². The van der Waals surface area contributed by atoms with E-state index in [2.05, 4.69) is 55.0 Å². The molecule has 22 heavy (non-hydrogen) atoms. The minimum absolute atomic E-state index is 0.00441. The minimum Gasteiger partial charge on any atom is -0.338 e. The maximum absolute atomic E-state index is 11.8. The summed E-state index contributed by atoms with van der Waals surface area (Å²) in [6.45, 7) is 11.0. The molecule has 1 N–H and O–H groups in total. The SMILES string of the molecule is CCC(=O)NC(=NCCc1ccccc1)N(C(C)C)C(C)C. The zero-order valence-corrected chi connectivity index (χ0v) is 14.5. The summed E-state index contributed by atoms with van der Waals surface area (Å²) < 4.78 is 0. The molecule has 1 aromatic rings. The van der Waals surface area contributed by atoms with Gasteiger partial charge in [0.2, 0.25) is 11.9 Å². The zero-order chi connectivity index (χ0) is 16.5. The molecule has 0 aromatic heterocycles. The van der Waals surface area contributed by atoms with Gasteiger partial charge >= 0.3 is 0 Å². The zero-order valence-electron chi connectivity index (χ0n) is 14.5. The van der Waals surface area contributed by atoms with Gasteiger partial charge in [0.25, 0.3) is 0 Å². The van der Waals surface area contributed by atoms with E-state index >= 15 is 0 Å². The number of amides is 1. The number of benzene rings is 1. The maximum atomic E-state index is 11.8. The molecule has 0 spiro atoms. The highest BCUT2D eigenvalue weighted by Crippen LogP contribution is 2.07. The largest absolute Gasteiger partial charge is 0.338 e. The number of hydrogen-bond acceptors (Lipinski definition) is 2. The summed E-state index contributed by atoms with van der Waals surface area (Å²) in [5.74, 6) is 0.692. The van der Waals surface area contributed by atoms with E-state index in [-0.39, 0.29) is 18.0 Å². The van der Waals surface area contributed by atoms with Crippen LogP contribution in [0.5, 0.6) is 0 Å². The van der Waals surface area contributed by atoms with E-state index < -0.39 is 0 Å². The summed E-state index contributed by atoms with van der Waals surface area (Å²) in [5.41, 5.74) is 1.26. The molecule has 122 valence electrons. The van der Waals surface area contributed by atoms with Crippen LogP contribution in [-0.2, 0) is 11.2 Å². The van der Waals surface area contributed by atoms with Gasteiger partial charge in [0, 0.05) is 25.0 Å². The smallest absolute Gasteiger partial charge is 0.226 e. The normalized spacial score (nSPS) is 11.9. The number of nitrogens with one attached hydrogen (secondary N) is 1. The number of carbonyl (C=O) groups excluding carboxylic acids is 1. The van der Waals surface area contributed by atoms with Crippen LogP contribution in [0.3, 0.4) is 0 Å². The molecular formula is C18H29N3O. The number of aliphatic imine (C=N–C) groups is 1. The summed E-state index contributed by atoms with van der Waals surface area (Å²) in [4.78, 5) is 18.6. The van der Waals surface area contributed by atoms with Crippen molar-refractivity contribution >= 4 is 11.9 Å². The van der Waals surface area contributed by atoms with Crippen molar-refractivity contribution in [1.82, 2.24) is 10.2 Å². The fourth-order valence-corrected chi connectivity index (χ4v) is 2.42. The van der Waals surface area contributed by atoms with Gasteiger partial charge in [0.15, 0.2) is 0 Å². The third kappa shape index (κ3) is 5.88. The van der Waals surface area contributed by atoms with Gasteiger partial charge in [-0.1, -0.05) is 37.3 Å². The Bertz CT molecular complexity index is 472. The molecule has 0 saturated heterocycles. The summed E-state index contributed by atoms with van der Waals surface area (Å²) in [5, 5.41) is 2.95. The van der Waals surface area contributed by atoms with Crippen LogP contribution in [0.4, 0.5) is 0 Å². The Morgan fingerprint density at radius 2 is 1.73 bits per heavy atom. The van der Waals surface area contributed by atoms with Crippen molar-refractivity contribution in [1.29, 1.82) is 0 Å². The van der Waals surface area contributed by atoms with Crippen LogP contribution >= 0.6 is 0 Å². The average Bonchev–Trinajstić information content (AvgIpc) is 2.47. The van der Waals surface area contributed by atoms with Gasteiger partial charge in [-0.15, -0.1) is 0 Å². The monoisotopic (exact) mass is 303 g/mol. The van der Waals surface area contributed by atoms with Gasteiger partial charge in [-0.25, -0.2) is 0 Å². The van der Waals surface area contributed by atoms with Crippen LogP contribution < -0.4 is 5.32 Å². The van der Waals surface area contributed by atoms with Crippen LogP contribution in [0.1, 0.15) is 46.6 Å². The molecule has 1 amide bonds. The Morgan fingerprint density at radius 3 is 2.23 bits per heavy atom. The van der Waals surface area contributed by atoms with E-state index in [0.717, 1.165) is 6.42 Å². The molecule has 0 fully saturated rings. The average molecular weight is 303 g/mol. The molecule has 4 nitrogen and oxygen atoms in total. The van der Waals surface area contributed by atoms with Crippen LogP contribution in [-0.4, -0.2) is 35.4 Å². The molecule has 0 heterocycles. The summed E-state index contributed by atoms with van der Waals surface area (Å²) in [6.07, 6.45) is 1.33. The van der Waals surface area contributed by atoms with E-state index in [9.17, 15) is 4.79 Å². The molecule has 0 unspecified atom stereocenters. The molecule has 4 heteroatoms. The fraction of sp³-hybridized carbons (Fsp3) is 0.556. The molecule has 0 aliphatic carbocycles. The van der Waals surface area contributed by atoms with Gasteiger partial charge in [-0.05, 0) is 39.7 Å². The summed E-state index contributed by atoms with van der Waals surface area (Å²) in [7, 11) is 0. The lowest BCUT2D eigenvalue weighted by atomic mass is 10.1. The highest BCUT2D eigenvalue weighted by Gasteiger charge is 2.19. The number of carbonyl (C=O) groups is 1. The molecule has 0 aliphatic rings. The molecule has 0 radical (unpaired) electrons. The molecule has 0 saturated carbocycles. The molecule has 0 aliphatic heterocycles. The van der Waals surface area contributed by atoms with Gasteiger partial charge in [0.1, 0.15) is 0 Å². The first-order valence-corrected chi connectivity index (χ1v) is 8.12. The first kappa shape index (κ1) is 18.2. The van der Waals surface area contributed by atoms with Crippen molar-refractivity contribution in [2.24, 2.45) is 4.99 Å². The molecule has 0 bridgehead atoms. The second kappa shape index (κ2) is 9.23. The maximum Gasteiger partial charge on any atom is 0.226 e. The second-order valence-corrected chi connectivity index (χ2v) is 5.94. The van der Waals surface area contributed by atoms with E-state index in [4.69, 9.17) is 0 Å². The second-order valence-electron chi connectivity index (χ2n) is 5.94. The standard InChI is InChI=1S/C18H29N3O/c1-6-17(22)20-18(21(14(2)3)15(4)5)19-13-12-16-10-8-7-9-11-16/h7-11,14-15H,6,12-13H2,1-5H3,(H,19,20,22).